The normalized spacial score (nSPS) is 11.0. The Labute approximate surface area is 125 Å². The third kappa shape index (κ3) is 5.81. The fraction of sp³-hybridized carbons (Fsp3) is 0.412. The first-order valence-corrected chi connectivity index (χ1v) is 7.20. The number of rotatable bonds is 7. The summed E-state index contributed by atoms with van der Waals surface area (Å²) in [5.41, 5.74) is 2.12. The Bertz CT molecular complexity index is 533. The quantitative estimate of drug-likeness (QED) is 0.598. The molecule has 0 heterocycles. The molecular formula is C17H23NO3. The fourth-order valence-electron chi connectivity index (χ4n) is 2.05. The van der Waals surface area contributed by atoms with E-state index in [1.807, 2.05) is 6.92 Å². The predicted molar refractivity (Wildman–Crippen MR) is 84.3 cm³/mol. The standard InChI is InChI=1S/C17H23NO3/c1-12(2)6-5-11-18-17(21)15-8-4-7-14(13(15)3)9-10-16(19)20/h4,7-10,12H,5-6,11H2,1-3H3,(H,18,21)(H,19,20). The third-order valence-corrected chi connectivity index (χ3v) is 3.27. The number of hydrogen-bond acceptors (Lipinski definition) is 2. The summed E-state index contributed by atoms with van der Waals surface area (Å²) in [4.78, 5) is 22.7. The Morgan fingerprint density at radius 2 is 2.05 bits per heavy atom. The molecule has 0 fully saturated rings. The molecule has 0 bridgehead atoms. The lowest BCUT2D eigenvalue weighted by atomic mass is 10.0. The van der Waals surface area contributed by atoms with E-state index in [9.17, 15) is 9.59 Å². The van der Waals surface area contributed by atoms with Gasteiger partial charge >= 0.3 is 5.97 Å². The van der Waals surface area contributed by atoms with Crippen LogP contribution >= 0.6 is 0 Å². The van der Waals surface area contributed by atoms with Crippen LogP contribution in [0.1, 0.15) is 48.2 Å². The Morgan fingerprint density at radius 1 is 1.33 bits per heavy atom. The summed E-state index contributed by atoms with van der Waals surface area (Å²) in [7, 11) is 0. The first kappa shape index (κ1) is 17.0. The van der Waals surface area contributed by atoms with Crippen molar-refractivity contribution >= 4 is 18.0 Å². The molecular weight excluding hydrogens is 266 g/mol. The van der Waals surface area contributed by atoms with Crippen LogP contribution in [-0.2, 0) is 4.79 Å². The lowest BCUT2D eigenvalue weighted by Crippen LogP contribution is -2.25. The zero-order valence-corrected chi connectivity index (χ0v) is 12.8. The molecule has 0 saturated carbocycles. The molecule has 0 unspecified atom stereocenters. The highest BCUT2D eigenvalue weighted by molar-refractivity contribution is 5.97. The van der Waals surface area contributed by atoms with Crippen LogP contribution in [0.5, 0.6) is 0 Å². The van der Waals surface area contributed by atoms with Crippen molar-refractivity contribution < 1.29 is 14.7 Å². The molecule has 2 N–H and O–H groups in total. The zero-order valence-electron chi connectivity index (χ0n) is 12.8. The number of benzene rings is 1. The van der Waals surface area contributed by atoms with Crippen molar-refractivity contribution in [1.29, 1.82) is 0 Å². The first-order valence-electron chi connectivity index (χ1n) is 7.20. The fourth-order valence-corrected chi connectivity index (χ4v) is 2.05. The Kier molecular flexibility index (Phi) is 6.66. The lowest BCUT2D eigenvalue weighted by Gasteiger charge is -2.10. The summed E-state index contributed by atoms with van der Waals surface area (Å²) in [6.45, 7) is 6.80. The van der Waals surface area contributed by atoms with Crippen LogP contribution in [0.4, 0.5) is 0 Å². The van der Waals surface area contributed by atoms with Gasteiger partial charge in [0, 0.05) is 18.2 Å². The van der Waals surface area contributed by atoms with Gasteiger partial charge in [-0.2, -0.15) is 0 Å². The minimum atomic E-state index is -1.00. The van der Waals surface area contributed by atoms with Gasteiger partial charge in [0.2, 0.25) is 0 Å². The van der Waals surface area contributed by atoms with Crippen molar-refractivity contribution in [2.45, 2.75) is 33.6 Å². The van der Waals surface area contributed by atoms with Gasteiger partial charge in [-0.15, -0.1) is 0 Å². The van der Waals surface area contributed by atoms with Gasteiger partial charge in [0.15, 0.2) is 0 Å². The lowest BCUT2D eigenvalue weighted by molar-refractivity contribution is -0.131. The molecule has 1 rings (SSSR count). The maximum Gasteiger partial charge on any atom is 0.328 e. The highest BCUT2D eigenvalue weighted by atomic mass is 16.4. The Balaban J connectivity index is 2.72. The Hall–Kier alpha value is -2.10. The van der Waals surface area contributed by atoms with Crippen molar-refractivity contribution in [1.82, 2.24) is 5.32 Å². The van der Waals surface area contributed by atoms with Gasteiger partial charge in [0.05, 0.1) is 0 Å². The van der Waals surface area contributed by atoms with E-state index in [1.165, 1.54) is 6.08 Å². The number of carbonyl (C=O) groups is 2. The molecule has 21 heavy (non-hydrogen) atoms. The van der Waals surface area contributed by atoms with Gasteiger partial charge in [0.1, 0.15) is 0 Å². The minimum absolute atomic E-state index is 0.109. The number of nitrogens with one attached hydrogen (secondary N) is 1. The number of carboxylic acid groups (broad SMARTS) is 1. The summed E-state index contributed by atoms with van der Waals surface area (Å²) >= 11 is 0. The van der Waals surface area contributed by atoms with Crippen LogP contribution in [-0.4, -0.2) is 23.5 Å². The number of carbonyl (C=O) groups excluding carboxylic acids is 1. The SMILES string of the molecule is Cc1c(C=CC(=O)O)cccc1C(=O)NCCCC(C)C. The summed E-state index contributed by atoms with van der Waals surface area (Å²) in [5.74, 6) is -0.479. The smallest absolute Gasteiger partial charge is 0.328 e. The van der Waals surface area contributed by atoms with Crippen LogP contribution in [0.25, 0.3) is 6.08 Å². The molecule has 4 nitrogen and oxygen atoms in total. The second-order valence-electron chi connectivity index (χ2n) is 5.48. The van der Waals surface area contributed by atoms with Crippen molar-refractivity contribution in [3.63, 3.8) is 0 Å². The molecule has 0 saturated heterocycles. The molecule has 4 heteroatoms. The molecule has 1 aromatic carbocycles. The second kappa shape index (κ2) is 8.25. The van der Waals surface area contributed by atoms with E-state index in [2.05, 4.69) is 19.2 Å². The van der Waals surface area contributed by atoms with Gasteiger partial charge in [-0.1, -0.05) is 26.0 Å². The average molecular weight is 289 g/mol. The zero-order chi connectivity index (χ0) is 15.8. The number of aliphatic carboxylic acids is 1. The van der Waals surface area contributed by atoms with Gasteiger partial charge in [0.25, 0.3) is 5.91 Å². The van der Waals surface area contributed by atoms with E-state index < -0.39 is 5.97 Å². The molecule has 0 aliphatic rings. The number of carboxylic acids is 1. The molecule has 1 amide bonds. The molecule has 0 aromatic heterocycles. The highest BCUT2D eigenvalue weighted by Gasteiger charge is 2.10. The van der Waals surface area contributed by atoms with Crippen LogP contribution in [0.2, 0.25) is 0 Å². The van der Waals surface area contributed by atoms with Crippen LogP contribution < -0.4 is 5.32 Å². The summed E-state index contributed by atoms with van der Waals surface area (Å²) < 4.78 is 0. The van der Waals surface area contributed by atoms with Gasteiger partial charge in [-0.25, -0.2) is 4.79 Å². The first-order chi connectivity index (χ1) is 9.91. The number of hydrogen-bond donors (Lipinski definition) is 2. The van der Waals surface area contributed by atoms with E-state index in [4.69, 9.17) is 5.11 Å². The van der Waals surface area contributed by atoms with Crippen LogP contribution in [0.15, 0.2) is 24.3 Å². The van der Waals surface area contributed by atoms with E-state index in [-0.39, 0.29) is 5.91 Å². The van der Waals surface area contributed by atoms with E-state index in [0.717, 1.165) is 30.0 Å². The summed E-state index contributed by atoms with van der Waals surface area (Å²) in [6, 6.07) is 5.31. The summed E-state index contributed by atoms with van der Waals surface area (Å²) in [5, 5.41) is 11.6. The van der Waals surface area contributed by atoms with Gasteiger partial charge in [-0.05, 0) is 49.0 Å². The Morgan fingerprint density at radius 3 is 2.67 bits per heavy atom. The largest absolute Gasteiger partial charge is 0.478 e. The maximum absolute atomic E-state index is 12.1. The molecule has 114 valence electrons. The van der Waals surface area contributed by atoms with Crippen molar-refractivity contribution in [3.8, 4) is 0 Å². The molecule has 0 aliphatic carbocycles. The summed E-state index contributed by atoms with van der Waals surface area (Å²) in [6.07, 6.45) is 4.63. The molecule has 0 aliphatic heterocycles. The van der Waals surface area contributed by atoms with Gasteiger partial charge in [-0.3, -0.25) is 4.79 Å². The molecule has 0 radical (unpaired) electrons. The van der Waals surface area contributed by atoms with E-state index in [1.54, 1.807) is 18.2 Å². The van der Waals surface area contributed by atoms with Crippen LogP contribution in [0, 0.1) is 12.8 Å². The van der Waals surface area contributed by atoms with E-state index in [0.29, 0.717) is 18.0 Å². The highest BCUT2D eigenvalue weighted by Crippen LogP contribution is 2.15. The number of amides is 1. The van der Waals surface area contributed by atoms with Crippen molar-refractivity contribution in [3.05, 3.63) is 41.0 Å². The topological polar surface area (TPSA) is 66.4 Å². The average Bonchev–Trinajstić information content (AvgIpc) is 2.42. The predicted octanol–water partition coefficient (Wildman–Crippen LogP) is 3.26. The van der Waals surface area contributed by atoms with Crippen molar-refractivity contribution in [2.24, 2.45) is 5.92 Å². The maximum atomic E-state index is 12.1. The van der Waals surface area contributed by atoms with Crippen molar-refractivity contribution in [2.75, 3.05) is 6.54 Å². The minimum Gasteiger partial charge on any atom is -0.478 e. The van der Waals surface area contributed by atoms with E-state index >= 15 is 0 Å². The molecule has 0 atom stereocenters. The molecule has 0 spiro atoms. The molecule has 1 aromatic rings. The van der Waals surface area contributed by atoms with Crippen LogP contribution in [0.3, 0.4) is 0 Å². The second-order valence-corrected chi connectivity index (χ2v) is 5.48. The monoisotopic (exact) mass is 289 g/mol. The van der Waals surface area contributed by atoms with Gasteiger partial charge < -0.3 is 10.4 Å². The third-order valence-electron chi connectivity index (χ3n) is 3.27.